The van der Waals surface area contributed by atoms with Crippen molar-refractivity contribution in [1.82, 2.24) is 0 Å². The Morgan fingerprint density at radius 1 is 1.38 bits per heavy atom. The molecule has 0 spiro atoms. The normalized spacial score (nSPS) is 39.4. The number of nitrogens with two attached hydrogens (primary N) is 1. The van der Waals surface area contributed by atoms with E-state index in [4.69, 9.17) is 10.5 Å². The van der Waals surface area contributed by atoms with Crippen LogP contribution in [-0.2, 0) is 4.74 Å². The van der Waals surface area contributed by atoms with Gasteiger partial charge in [-0.1, -0.05) is 20.3 Å². The summed E-state index contributed by atoms with van der Waals surface area (Å²) in [5.74, 6) is 1.15. The lowest BCUT2D eigenvalue weighted by Crippen LogP contribution is -2.53. The van der Waals surface area contributed by atoms with Gasteiger partial charge in [-0.2, -0.15) is 0 Å². The number of aliphatic hydroxyl groups excluding tert-OH is 1. The average molecular weight is 229 g/mol. The van der Waals surface area contributed by atoms with Gasteiger partial charge in [-0.25, -0.2) is 0 Å². The minimum atomic E-state index is -0.437. The molecule has 3 nitrogen and oxygen atoms in total. The molecule has 1 fully saturated rings. The summed E-state index contributed by atoms with van der Waals surface area (Å²) in [5.41, 5.74) is 5.70. The highest BCUT2D eigenvalue weighted by molar-refractivity contribution is 4.93. The Bertz CT molecular complexity index is 220. The molecule has 0 amide bonds. The monoisotopic (exact) mass is 229 g/mol. The van der Waals surface area contributed by atoms with E-state index in [1.165, 1.54) is 12.8 Å². The van der Waals surface area contributed by atoms with Gasteiger partial charge >= 0.3 is 0 Å². The molecule has 0 aromatic rings. The van der Waals surface area contributed by atoms with Crippen molar-refractivity contribution in [3.8, 4) is 0 Å². The van der Waals surface area contributed by atoms with E-state index in [2.05, 4.69) is 13.8 Å². The van der Waals surface area contributed by atoms with Crippen LogP contribution in [0.3, 0.4) is 0 Å². The van der Waals surface area contributed by atoms with Crippen molar-refractivity contribution >= 4 is 0 Å². The summed E-state index contributed by atoms with van der Waals surface area (Å²) in [6, 6.07) is 0. The van der Waals surface area contributed by atoms with Crippen LogP contribution in [0.2, 0.25) is 0 Å². The fourth-order valence-electron chi connectivity index (χ4n) is 2.66. The van der Waals surface area contributed by atoms with E-state index in [0.717, 1.165) is 6.42 Å². The second kappa shape index (κ2) is 5.48. The van der Waals surface area contributed by atoms with Crippen LogP contribution in [0.1, 0.15) is 47.0 Å². The van der Waals surface area contributed by atoms with Crippen LogP contribution in [0.15, 0.2) is 0 Å². The Kier molecular flexibility index (Phi) is 4.77. The summed E-state index contributed by atoms with van der Waals surface area (Å²) < 4.78 is 6.10. The molecule has 1 aliphatic rings. The van der Waals surface area contributed by atoms with Crippen molar-refractivity contribution in [3.05, 3.63) is 0 Å². The summed E-state index contributed by atoms with van der Waals surface area (Å²) >= 11 is 0. The third-order valence-electron chi connectivity index (χ3n) is 4.13. The van der Waals surface area contributed by atoms with E-state index in [1.54, 1.807) is 6.92 Å². The maximum Gasteiger partial charge on any atom is 0.0836 e. The number of aliphatic hydroxyl groups is 1. The molecule has 5 atom stereocenters. The Labute approximate surface area is 99.4 Å². The molecule has 1 aliphatic carbocycles. The van der Waals surface area contributed by atoms with E-state index in [-0.39, 0.29) is 11.7 Å². The van der Waals surface area contributed by atoms with Crippen LogP contribution in [0.4, 0.5) is 0 Å². The molecule has 0 aliphatic heterocycles. The van der Waals surface area contributed by atoms with Crippen molar-refractivity contribution in [1.29, 1.82) is 0 Å². The predicted octanol–water partition coefficient (Wildman–Crippen LogP) is 1.93. The second-order valence-corrected chi connectivity index (χ2v) is 5.62. The summed E-state index contributed by atoms with van der Waals surface area (Å²) in [6.07, 6.45) is 2.87. The van der Waals surface area contributed by atoms with Gasteiger partial charge in [0.05, 0.1) is 17.8 Å². The first-order valence-electron chi connectivity index (χ1n) is 6.47. The third kappa shape index (κ3) is 2.96. The topological polar surface area (TPSA) is 55.5 Å². The zero-order valence-corrected chi connectivity index (χ0v) is 11.1. The van der Waals surface area contributed by atoms with Crippen LogP contribution < -0.4 is 5.73 Å². The van der Waals surface area contributed by atoms with Crippen LogP contribution in [-0.4, -0.2) is 29.5 Å². The quantitative estimate of drug-likeness (QED) is 0.774. The molecule has 3 N–H and O–H groups in total. The third-order valence-corrected chi connectivity index (χ3v) is 4.13. The highest BCUT2D eigenvalue weighted by atomic mass is 16.5. The molecule has 5 unspecified atom stereocenters. The molecule has 0 aromatic heterocycles. The van der Waals surface area contributed by atoms with Gasteiger partial charge in [0.2, 0.25) is 0 Å². The fraction of sp³-hybridized carbons (Fsp3) is 1.00. The van der Waals surface area contributed by atoms with Crippen molar-refractivity contribution in [2.75, 3.05) is 6.54 Å². The molecule has 96 valence electrons. The SMILES string of the molecule is CC1CCC(C)C(CN)(OC(C)C(C)O)C1. The van der Waals surface area contributed by atoms with Crippen molar-refractivity contribution < 1.29 is 9.84 Å². The molecule has 16 heavy (non-hydrogen) atoms. The Hall–Kier alpha value is -0.120. The standard InChI is InChI=1S/C13H27NO2/c1-9-5-6-10(2)13(7-9,8-14)16-12(4)11(3)15/h9-12,15H,5-8,14H2,1-4H3. The van der Waals surface area contributed by atoms with E-state index in [9.17, 15) is 5.11 Å². The van der Waals surface area contributed by atoms with Crippen LogP contribution in [0, 0.1) is 11.8 Å². The number of rotatable bonds is 4. The predicted molar refractivity (Wildman–Crippen MR) is 66.2 cm³/mol. The van der Waals surface area contributed by atoms with Crippen LogP contribution in [0.5, 0.6) is 0 Å². The van der Waals surface area contributed by atoms with Gasteiger partial charge in [0.15, 0.2) is 0 Å². The fourth-order valence-corrected chi connectivity index (χ4v) is 2.66. The first kappa shape index (κ1) is 13.9. The van der Waals surface area contributed by atoms with E-state index < -0.39 is 6.10 Å². The van der Waals surface area contributed by atoms with Crippen molar-refractivity contribution in [2.24, 2.45) is 17.6 Å². The lowest BCUT2D eigenvalue weighted by Gasteiger charge is -2.46. The minimum Gasteiger partial charge on any atom is -0.391 e. The molecule has 0 bridgehead atoms. The molecular formula is C13H27NO2. The molecule has 0 radical (unpaired) electrons. The molecule has 1 rings (SSSR count). The summed E-state index contributed by atoms with van der Waals surface area (Å²) in [5, 5.41) is 9.55. The molecule has 1 saturated carbocycles. The van der Waals surface area contributed by atoms with Crippen LogP contribution in [0.25, 0.3) is 0 Å². The maximum atomic E-state index is 9.55. The van der Waals surface area contributed by atoms with Crippen LogP contribution >= 0.6 is 0 Å². The lowest BCUT2D eigenvalue weighted by molar-refractivity contribution is -0.163. The number of hydrogen-bond acceptors (Lipinski definition) is 3. The lowest BCUT2D eigenvalue weighted by atomic mass is 9.72. The summed E-state index contributed by atoms with van der Waals surface area (Å²) in [6.45, 7) is 8.72. The van der Waals surface area contributed by atoms with Gasteiger partial charge in [0.1, 0.15) is 0 Å². The molecule has 0 saturated heterocycles. The second-order valence-electron chi connectivity index (χ2n) is 5.62. The number of hydrogen-bond donors (Lipinski definition) is 2. The van der Waals surface area contributed by atoms with E-state index >= 15 is 0 Å². The van der Waals surface area contributed by atoms with E-state index in [0.29, 0.717) is 18.4 Å². The maximum absolute atomic E-state index is 9.55. The Morgan fingerprint density at radius 2 is 2.00 bits per heavy atom. The first-order valence-corrected chi connectivity index (χ1v) is 6.47. The van der Waals surface area contributed by atoms with Gasteiger partial charge in [-0.05, 0) is 38.5 Å². The molecule has 3 heteroatoms. The Morgan fingerprint density at radius 3 is 2.50 bits per heavy atom. The first-order chi connectivity index (χ1) is 7.41. The Balaban J connectivity index is 2.74. The van der Waals surface area contributed by atoms with Gasteiger partial charge in [-0.3, -0.25) is 0 Å². The zero-order chi connectivity index (χ0) is 12.3. The van der Waals surface area contributed by atoms with Crippen molar-refractivity contribution in [2.45, 2.75) is 64.8 Å². The van der Waals surface area contributed by atoms with Gasteiger partial charge < -0.3 is 15.6 Å². The minimum absolute atomic E-state index is 0.142. The smallest absolute Gasteiger partial charge is 0.0836 e. The van der Waals surface area contributed by atoms with E-state index in [1.807, 2.05) is 6.92 Å². The van der Waals surface area contributed by atoms with Gasteiger partial charge in [0, 0.05) is 6.54 Å². The zero-order valence-electron chi connectivity index (χ0n) is 11.1. The molecule has 0 heterocycles. The average Bonchev–Trinajstić information content (AvgIpc) is 2.23. The number of ether oxygens (including phenoxy) is 1. The highest BCUT2D eigenvalue weighted by Gasteiger charge is 2.42. The molecule has 0 aromatic carbocycles. The summed E-state index contributed by atoms with van der Waals surface area (Å²) in [4.78, 5) is 0. The summed E-state index contributed by atoms with van der Waals surface area (Å²) in [7, 11) is 0. The highest BCUT2D eigenvalue weighted by Crippen LogP contribution is 2.39. The molecular weight excluding hydrogens is 202 g/mol. The van der Waals surface area contributed by atoms with Crippen molar-refractivity contribution in [3.63, 3.8) is 0 Å². The largest absolute Gasteiger partial charge is 0.391 e. The van der Waals surface area contributed by atoms with Gasteiger partial charge in [0.25, 0.3) is 0 Å². The van der Waals surface area contributed by atoms with Gasteiger partial charge in [-0.15, -0.1) is 0 Å².